The maximum absolute atomic E-state index is 12.6. The van der Waals surface area contributed by atoms with Crippen LogP contribution in [0.5, 0.6) is 11.5 Å². The van der Waals surface area contributed by atoms with Crippen LogP contribution in [0, 0.1) is 0 Å². The fraction of sp³-hybridized carbons (Fsp3) is 0.579. The molecule has 0 aliphatic carbocycles. The van der Waals surface area contributed by atoms with E-state index in [9.17, 15) is 14.7 Å². The number of rotatable bonds is 5. The number of likely N-dealkylation sites (tertiary alicyclic amines) is 1. The van der Waals surface area contributed by atoms with Crippen molar-refractivity contribution in [3.63, 3.8) is 0 Å². The maximum atomic E-state index is 12.6. The van der Waals surface area contributed by atoms with Crippen molar-refractivity contribution in [3.8, 4) is 11.5 Å². The average Bonchev–Trinajstić information content (AvgIpc) is 3.18. The molecule has 1 aromatic rings. The molecule has 2 atom stereocenters. The normalized spacial score (nSPS) is 22.0. The Balaban J connectivity index is 1.43. The highest BCUT2D eigenvalue weighted by Crippen LogP contribution is 2.19. The Bertz CT molecular complexity index is 619. The number of aromatic hydroxyl groups is 1. The van der Waals surface area contributed by atoms with Crippen molar-refractivity contribution in [1.82, 2.24) is 10.2 Å². The highest BCUT2D eigenvalue weighted by molar-refractivity contribution is 5.82. The third-order valence-electron chi connectivity index (χ3n) is 4.87. The molecule has 0 spiro atoms. The van der Waals surface area contributed by atoms with Gasteiger partial charge in [-0.25, -0.2) is 0 Å². The summed E-state index contributed by atoms with van der Waals surface area (Å²) in [5, 5.41) is 12.3. The predicted octanol–water partition coefficient (Wildman–Crippen LogP) is 1.45. The summed E-state index contributed by atoms with van der Waals surface area (Å²) in [5.41, 5.74) is 0. The molecule has 2 amide bonds. The number of phenols is 1. The van der Waals surface area contributed by atoms with Gasteiger partial charge in [-0.15, -0.1) is 0 Å². The molecule has 2 aliphatic rings. The molecule has 0 bridgehead atoms. The smallest absolute Gasteiger partial charge is 0.263 e. The van der Waals surface area contributed by atoms with Crippen LogP contribution < -0.4 is 10.1 Å². The first-order chi connectivity index (χ1) is 12.5. The third-order valence-corrected chi connectivity index (χ3v) is 4.87. The number of hydrogen-bond donors (Lipinski definition) is 2. The van der Waals surface area contributed by atoms with E-state index in [1.807, 2.05) is 0 Å². The summed E-state index contributed by atoms with van der Waals surface area (Å²) in [6, 6.07) is 6.39. The van der Waals surface area contributed by atoms with E-state index in [-0.39, 0.29) is 29.7 Å². The van der Waals surface area contributed by atoms with Gasteiger partial charge in [-0.3, -0.25) is 9.59 Å². The number of phenolic OH excluding ortho intramolecular Hbond substituents is 1. The molecule has 2 saturated heterocycles. The maximum Gasteiger partial charge on any atom is 0.263 e. The number of carbonyl (C=O) groups excluding carboxylic acids is 2. The first kappa shape index (κ1) is 18.5. The zero-order valence-corrected chi connectivity index (χ0v) is 15.0. The Morgan fingerprint density at radius 2 is 1.92 bits per heavy atom. The molecular formula is C19H26N2O5. The summed E-state index contributed by atoms with van der Waals surface area (Å²) in [4.78, 5) is 26.4. The van der Waals surface area contributed by atoms with Crippen molar-refractivity contribution in [3.05, 3.63) is 24.3 Å². The van der Waals surface area contributed by atoms with E-state index in [4.69, 9.17) is 9.47 Å². The molecule has 1 aromatic carbocycles. The van der Waals surface area contributed by atoms with Gasteiger partial charge in [0, 0.05) is 25.7 Å². The van der Waals surface area contributed by atoms with Gasteiger partial charge in [0.05, 0.1) is 0 Å². The zero-order chi connectivity index (χ0) is 18.5. The van der Waals surface area contributed by atoms with Crippen LogP contribution in [-0.4, -0.2) is 59.8 Å². The van der Waals surface area contributed by atoms with E-state index in [1.165, 1.54) is 12.1 Å². The highest BCUT2D eigenvalue weighted by atomic mass is 16.5. The number of nitrogens with zero attached hydrogens (tertiary/aromatic N) is 1. The molecule has 2 fully saturated rings. The number of amides is 2. The van der Waals surface area contributed by atoms with Crippen molar-refractivity contribution in [2.24, 2.45) is 0 Å². The Morgan fingerprint density at radius 1 is 1.23 bits per heavy atom. The van der Waals surface area contributed by atoms with Gasteiger partial charge in [0.25, 0.3) is 5.91 Å². The lowest BCUT2D eigenvalue weighted by atomic mass is 10.0. The second kappa shape index (κ2) is 8.40. The lowest BCUT2D eigenvalue weighted by Crippen LogP contribution is -2.51. The molecular weight excluding hydrogens is 336 g/mol. The van der Waals surface area contributed by atoms with Crippen molar-refractivity contribution in [1.29, 1.82) is 0 Å². The van der Waals surface area contributed by atoms with E-state index >= 15 is 0 Å². The molecule has 7 nitrogen and oxygen atoms in total. The Kier molecular flexibility index (Phi) is 5.98. The van der Waals surface area contributed by atoms with Crippen molar-refractivity contribution < 1.29 is 24.2 Å². The third kappa shape index (κ3) is 4.66. The number of nitrogens with one attached hydrogen (secondary N) is 1. The summed E-state index contributed by atoms with van der Waals surface area (Å²) in [5.74, 6) is 0.601. The Labute approximate surface area is 153 Å². The lowest BCUT2D eigenvalue weighted by molar-refractivity contribution is -0.139. The molecule has 0 aromatic heterocycles. The number of benzene rings is 1. The van der Waals surface area contributed by atoms with Gasteiger partial charge in [0.15, 0.2) is 6.10 Å². The van der Waals surface area contributed by atoms with Gasteiger partial charge in [-0.1, -0.05) is 0 Å². The van der Waals surface area contributed by atoms with E-state index in [0.29, 0.717) is 25.4 Å². The first-order valence-corrected chi connectivity index (χ1v) is 9.19. The zero-order valence-electron chi connectivity index (χ0n) is 15.0. The molecule has 7 heteroatoms. The molecule has 2 aliphatic heterocycles. The van der Waals surface area contributed by atoms with Gasteiger partial charge in [-0.2, -0.15) is 0 Å². The number of ether oxygens (including phenoxy) is 2. The van der Waals surface area contributed by atoms with Crippen LogP contribution in [0.25, 0.3) is 0 Å². The average molecular weight is 362 g/mol. The number of hydrogen-bond acceptors (Lipinski definition) is 5. The van der Waals surface area contributed by atoms with Crippen LogP contribution in [-0.2, 0) is 14.3 Å². The second-order valence-electron chi connectivity index (χ2n) is 6.86. The fourth-order valence-corrected chi connectivity index (χ4v) is 3.36. The quantitative estimate of drug-likeness (QED) is 0.828. The molecule has 2 unspecified atom stereocenters. The van der Waals surface area contributed by atoms with E-state index < -0.39 is 6.10 Å². The molecule has 0 radical (unpaired) electrons. The van der Waals surface area contributed by atoms with Crippen molar-refractivity contribution >= 4 is 11.8 Å². The number of piperidine rings is 1. The van der Waals surface area contributed by atoms with Gasteiger partial charge in [0.2, 0.25) is 5.91 Å². The van der Waals surface area contributed by atoms with E-state index in [1.54, 1.807) is 24.0 Å². The lowest BCUT2D eigenvalue weighted by Gasteiger charge is -2.34. The standard InChI is InChI=1S/C19H26N2O5/c1-13(26-16-6-4-15(22)5-7-16)19(24)21-10-8-14(9-11-21)20-18(23)17-3-2-12-25-17/h4-7,13-14,17,22H,2-3,8-12H2,1H3,(H,20,23). The van der Waals surface area contributed by atoms with Crippen molar-refractivity contribution in [2.45, 2.75) is 50.9 Å². The molecule has 26 heavy (non-hydrogen) atoms. The largest absolute Gasteiger partial charge is 0.508 e. The summed E-state index contributed by atoms with van der Waals surface area (Å²) in [6.07, 6.45) is 2.27. The van der Waals surface area contributed by atoms with Crippen LogP contribution in [0.2, 0.25) is 0 Å². The molecule has 3 rings (SSSR count). The minimum absolute atomic E-state index is 0.0312. The van der Waals surface area contributed by atoms with Crippen LogP contribution in [0.15, 0.2) is 24.3 Å². The second-order valence-corrected chi connectivity index (χ2v) is 6.86. The number of carbonyl (C=O) groups is 2. The Morgan fingerprint density at radius 3 is 2.54 bits per heavy atom. The fourth-order valence-electron chi connectivity index (χ4n) is 3.36. The molecule has 2 heterocycles. The van der Waals surface area contributed by atoms with Crippen LogP contribution >= 0.6 is 0 Å². The van der Waals surface area contributed by atoms with Crippen LogP contribution in [0.4, 0.5) is 0 Å². The van der Waals surface area contributed by atoms with Crippen molar-refractivity contribution in [2.75, 3.05) is 19.7 Å². The van der Waals surface area contributed by atoms with E-state index in [0.717, 1.165) is 25.7 Å². The molecule has 142 valence electrons. The molecule has 0 saturated carbocycles. The van der Waals surface area contributed by atoms with Crippen LogP contribution in [0.3, 0.4) is 0 Å². The van der Waals surface area contributed by atoms with Gasteiger partial charge >= 0.3 is 0 Å². The highest BCUT2D eigenvalue weighted by Gasteiger charge is 2.30. The Hall–Kier alpha value is -2.28. The predicted molar refractivity (Wildman–Crippen MR) is 94.9 cm³/mol. The van der Waals surface area contributed by atoms with Gasteiger partial charge in [-0.05, 0) is 56.9 Å². The SMILES string of the molecule is CC(Oc1ccc(O)cc1)C(=O)N1CCC(NC(=O)C2CCCO2)CC1. The monoisotopic (exact) mass is 362 g/mol. The topological polar surface area (TPSA) is 88.1 Å². The minimum atomic E-state index is -0.599. The molecule has 2 N–H and O–H groups in total. The minimum Gasteiger partial charge on any atom is -0.508 e. The van der Waals surface area contributed by atoms with Crippen LogP contribution in [0.1, 0.15) is 32.6 Å². The van der Waals surface area contributed by atoms with Gasteiger partial charge in [0.1, 0.15) is 17.6 Å². The first-order valence-electron chi connectivity index (χ1n) is 9.19. The summed E-state index contributed by atoms with van der Waals surface area (Å²) in [6.45, 7) is 3.57. The summed E-state index contributed by atoms with van der Waals surface area (Å²) in [7, 11) is 0. The van der Waals surface area contributed by atoms with Gasteiger partial charge < -0.3 is 24.8 Å². The summed E-state index contributed by atoms with van der Waals surface area (Å²) < 4.78 is 11.1. The van der Waals surface area contributed by atoms with E-state index in [2.05, 4.69) is 5.32 Å². The summed E-state index contributed by atoms with van der Waals surface area (Å²) >= 11 is 0.